The van der Waals surface area contributed by atoms with Gasteiger partial charge in [-0.2, -0.15) is 0 Å². The van der Waals surface area contributed by atoms with Crippen LogP contribution >= 0.6 is 0 Å². The molecule has 0 bridgehead atoms. The molecule has 0 spiro atoms. The molecule has 0 saturated carbocycles. The highest BCUT2D eigenvalue weighted by molar-refractivity contribution is 5.94. The van der Waals surface area contributed by atoms with E-state index in [1.165, 1.54) is 6.07 Å². The van der Waals surface area contributed by atoms with Gasteiger partial charge in [0, 0.05) is 31.1 Å². The summed E-state index contributed by atoms with van der Waals surface area (Å²) < 4.78 is 82.2. The van der Waals surface area contributed by atoms with Crippen molar-refractivity contribution in [3.05, 3.63) is 160 Å². The van der Waals surface area contributed by atoms with Gasteiger partial charge in [0.2, 0.25) is 5.82 Å². The van der Waals surface area contributed by atoms with E-state index in [2.05, 4.69) is 5.32 Å². The summed E-state index contributed by atoms with van der Waals surface area (Å²) >= 11 is 0. The SMILES string of the molecule is CC1C(CN(C)CC(O)c2cccc(O)c2)OC(c2ccc(-c3cccc(CNC(=O)c4c(F)c(F)c(F)c(F)c4F)c3)cc2)OC1c1ccc(CO)cc1. The Morgan fingerprint density at radius 2 is 1.42 bits per heavy atom. The van der Waals surface area contributed by atoms with Crippen molar-refractivity contribution >= 4 is 5.91 Å². The van der Waals surface area contributed by atoms with Crippen LogP contribution in [0.1, 0.15) is 63.6 Å². The normalized spacial score (nSPS) is 19.0. The number of phenols is 1. The van der Waals surface area contributed by atoms with E-state index in [0.29, 0.717) is 17.7 Å². The predicted molar refractivity (Wildman–Crippen MR) is 193 cm³/mol. The second kappa shape index (κ2) is 17.1. The van der Waals surface area contributed by atoms with E-state index < -0.39 is 53.0 Å². The number of nitrogens with zero attached hydrogens (tertiary/aromatic N) is 1. The molecular formula is C42H39F5N2O6. The molecule has 13 heteroatoms. The molecule has 0 aromatic heterocycles. The van der Waals surface area contributed by atoms with Gasteiger partial charge in [-0.1, -0.05) is 85.8 Å². The van der Waals surface area contributed by atoms with Crippen LogP contribution in [-0.4, -0.2) is 52.4 Å². The molecule has 5 aromatic carbocycles. The van der Waals surface area contributed by atoms with Gasteiger partial charge >= 0.3 is 0 Å². The number of aliphatic hydroxyl groups excluding tert-OH is 2. The number of hydrogen-bond acceptors (Lipinski definition) is 7. The first-order chi connectivity index (χ1) is 26.3. The zero-order valence-electron chi connectivity index (χ0n) is 29.9. The maximum absolute atomic E-state index is 14.2. The van der Waals surface area contributed by atoms with Crippen LogP contribution in [0.15, 0.2) is 97.1 Å². The van der Waals surface area contributed by atoms with E-state index in [9.17, 15) is 42.1 Å². The van der Waals surface area contributed by atoms with E-state index in [4.69, 9.17) is 9.47 Å². The fourth-order valence-electron chi connectivity index (χ4n) is 6.61. The van der Waals surface area contributed by atoms with Gasteiger partial charge in [0.1, 0.15) is 11.3 Å². The van der Waals surface area contributed by atoms with Crippen molar-refractivity contribution in [1.29, 1.82) is 0 Å². The lowest BCUT2D eigenvalue weighted by atomic mass is 9.90. The summed E-state index contributed by atoms with van der Waals surface area (Å²) in [6.07, 6.45) is -2.33. The van der Waals surface area contributed by atoms with Gasteiger partial charge in [0.15, 0.2) is 29.6 Å². The van der Waals surface area contributed by atoms with Gasteiger partial charge in [-0.05, 0) is 58.6 Å². The summed E-state index contributed by atoms with van der Waals surface area (Å²) in [7, 11) is 1.88. The first-order valence-electron chi connectivity index (χ1n) is 17.5. The number of nitrogens with one attached hydrogen (secondary N) is 1. The monoisotopic (exact) mass is 762 g/mol. The number of aliphatic hydroxyl groups is 2. The molecular weight excluding hydrogens is 723 g/mol. The van der Waals surface area contributed by atoms with Crippen molar-refractivity contribution in [3.63, 3.8) is 0 Å². The molecule has 1 fully saturated rings. The van der Waals surface area contributed by atoms with Gasteiger partial charge in [0.25, 0.3) is 5.91 Å². The summed E-state index contributed by atoms with van der Waals surface area (Å²) in [6, 6.07) is 28.3. The van der Waals surface area contributed by atoms with Crippen LogP contribution in [0.5, 0.6) is 5.75 Å². The van der Waals surface area contributed by atoms with Crippen molar-refractivity contribution in [2.45, 2.75) is 44.7 Å². The van der Waals surface area contributed by atoms with Crippen LogP contribution in [0, 0.1) is 35.0 Å². The Morgan fingerprint density at radius 3 is 2.07 bits per heavy atom. The van der Waals surface area contributed by atoms with Gasteiger partial charge in [0.05, 0.1) is 24.9 Å². The summed E-state index contributed by atoms with van der Waals surface area (Å²) in [5, 5.41) is 32.6. The molecule has 8 nitrogen and oxygen atoms in total. The first-order valence-corrected chi connectivity index (χ1v) is 17.5. The highest BCUT2D eigenvalue weighted by Crippen LogP contribution is 2.42. The number of carbonyl (C=O) groups excluding carboxylic acids is 1. The number of halogens is 5. The van der Waals surface area contributed by atoms with Gasteiger partial charge < -0.3 is 35.0 Å². The van der Waals surface area contributed by atoms with Crippen LogP contribution in [0.2, 0.25) is 0 Å². The topological polar surface area (TPSA) is 111 Å². The second-order valence-corrected chi connectivity index (χ2v) is 13.6. The molecule has 1 aliphatic rings. The summed E-state index contributed by atoms with van der Waals surface area (Å²) in [5.74, 6) is -12.7. The number of phenolic OH excluding ortho intramolecular Hbond substituents is 1. The molecule has 1 aliphatic heterocycles. The minimum absolute atomic E-state index is 0.0671. The average molecular weight is 763 g/mol. The van der Waals surface area contributed by atoms with Crippen molar-refractivity contribution in [3.8, 4) is 16.9 Å². The Balaban J connectivity index is 1.17. The molecule has 1 amide bonds. The Bertz CT molecular complexity index is 2110. The molecule has 5 aromatic rings. The summed E-state index contributed by atoms with van der Waals surface area (Å²) in [4.78, 5) is 14.4. The Labute approximate surface area is 314 Å². The highest BCUT2D eigenvalue weighted by Gasteiger charge is 2.39. The molecule has 0 aliphatic carbocycles. The number of rotatable bonds is 12. The molecule has 5 atom stereocenters. The largest absolute Gasteiger partial charge is 0.508 e. The fraction of sp³-hybridized carbons (Fsp3) is 0.262. The third-order valence-corrected chi connectivity index (χ3v) is 9.69. The van der Waals surface area contributed by atoms with E-state index in [-0.39, 0.29) is 43.6 Å². The minimum atomic E-state index is -2.35. The minimum Gasteiger partial charge on any atom is -0.508 e. The number of ether oxygens (including phenoxy) is 2. The van der Waals surface area contributed by atoms with Crippen LogP contribution in [0.4, 0.5) is 22.0 Å². The smallest absolute Gasteiger partial charge is 0.257 e. The van der Waals surface area contributed by atoms with Gasteiger partial charge in [-0.25, -0.2) is 22.0 Å². The van der Waals surface area contributed by atoms with Crippen molar-refractivity contribution in [2.24, 2.45) is 5.92 Å². The van der Waals surface area contributed by atoms with Crippen molar-refractivity contribution < 1.29 is 51.5 Å². The maximum Gasteiger partial charge on any atom is 0.257 e. The quantitative estimate of drug-likeness (QED) is 0.0588. The lowest BCUT2D eigenvalue weighted by Crippen LogP contribution is -2.44. The zero-order chi connectivity index (χ0) is 39.4. The average Bonchev–Trinajstić information content (AvgIpc) is 3.19. The standard InChI is InChI=1S/C42H39F5N2O6/c1-23-33(21-49(2)20-32(52)30-7-4-8-31(51)18-30)54-42(55-40(23)27-11-9-24(22-50)10-12-27)28-15-13-26(14-16-28)29-6-3-5-25(17-29)19-48-41(53)34-35(43)37(45)39(47)38(46)36(34)44/h3-18,23,32-33,40,42,50-52H,19-22H2,1-2H3,(H,48,53). The Hall–Kier alpha value is -5.18. The first kappa shape index (κ1) is 39.5. The van der Waals surface area contributed by atoms with Gasteiger partial charge in [-0.3, -0.25) is 4.79 Å². The molecule has 4 N–H and O–H groups in total. The lowest BCUT2D eigenvalue weighted by molar-refractivity contribution is -0.276. The summed E-state index contributed by atoms with van der Waals surface area (Å²) in [5.41, 5.74) is 3.43. The molecule has 0 radical (unpaired) electrons. The van der Waals surface area contributed by atoms with E-state index in [0.717, 1.165) is 27.8 Å². The summed E-state index contributed by atoms with van der Waals surface area (Å²) in [6.45, 7) is 2.42. The maximum atomic E-state index is 14.2. The molecule has 6 rings (SSSR count). The van der Waals surface area contributed by atoms with Crippen LogP contribution in [0.3, 0.4) is 0 Å². The van der Waals surface area contributed by atoms with Crippen LogP contribution in [0.25, 0.3) is 11.1 Å². The Morgan fingerprint density at radius 1 is 0.782 bits per heavy atom. The Kier molecular flexibility index (Phi) is 12.3. The van der Waals surface area contributed by atoms with E-state index in [1.807, 2.05) is 73.5 Å². The number of benzene rings is 5. The molecule has 1 saturated heterocycles. The molecule has 5 unspecified atom stereocenters. The second-order valence-electron chi connectivity index (χ2n) is 13.6. The van der Waals surface area contributed by atoms with E-state index in [1.54, 1.807) is 36.4 Å². The van der Waals surface area contributed by atoms with Crippen molar-refractivity contribution in [1.82, 2.24) is 10.2 Å². The molecule has 288 valence electrons. The third kappa shape index (κ3) is 8.87. The zero-order valence-corrected chi connectivity index (χ0v) is 29.9. The fourth-order valence-corrected chi connectivity index (χ4v) is 6.61. The van der Waals surface area contributed by atoms with Crippen LogP contribution in [-0.2, 0) is 22.6 Å². The van der Waals surface area contributed by atoms with Crippen LogP contribution < -0.4 is 5.32 Å². The highest BCUT2D eigenvalue weighted by atomic mass is 19.2. The lowest BCUT2D eigenvalue weighted by Gasteiger charge is -2.42. The van der Waals surface area contributed by atoms with Gasteiger partial charge in [-0.15, -0.1) is 0 Å². The van der Waals surface area contributed by atoms with E-state index >= 15 is 0 Å². The number of carbonyl (C=O) groups is 1. The molecule has 55 heavy (non-hydrogen) atoms. The number of aromatic hydroxyl groups is 1. The number of hydrogen-bond donors (Lipinski definition) is 4. The van der Waals surface area contributed by atoms with Crippen molar-refractivity contribution in [2.75, 3.05) is 20.1 Å². The third-order valence-electron chi connectivity index (χ3n) is 9.69. The molecule has 1 heterocycles. The predicted octanol–water partition coefficient (Wildman–Crippen LogP) is 7.63. The number of likely N-dealkylation sites (N-methyl/N-ethyl adjacent to an activating group) is 1. The number of amides is 1.